The molecule has 0 amide bonds. The van der Waals surface area contributed by atoms with Crippen molar-refractivity contribution in [1.29, 1.82) is 0 Å². The number of carboxylic acid groups (broad SMARTS) is 2. The van der Waals surface area contributed by atoms with E-state index in [-0.39, 0.29) is 11.2 Å². The van der Waals surface area contributed by atoms with Gasteiger partial charge in [-0.2, -0.15) is 0 Å². The molecule has 10 heteroatoms. The lowest BCUT2D eigenvalue weighted by atomic mass is 9.98. The highest BCUT2D eigenvalue weighted by Gasteiger charge is 2.25. The van der Waals surface area contributed by atoms with E-state index < -0.39 is 11.9 Å². The highest BCUT2D eigenvalue weighted by molar-refractivity contribution is 6.27. The van der Waals surface area contributed by atoms with Gasteiger partial charge in [0.2, 0.25) is 0 Å². The Balaban J connectivity index is 0.000000217. The molecule has 4 aliphatic heterocycles. The van der Waals surface area contributed by atoms with Gasteiger partial charge in [0, 0.05) is 36.3 Å². The van der Waals surface area contributed by atoms with E-state index in [9.17, 15) is 0 Å². The number of rotatable bonds is 16. The molecule has 0 spiro atoms. The van der Waals surface area contributed by atoms with E-state index in [1.54, 1.807) is 0 Å². The highest BCUT2D eigenvalue weighted by Crippen LogP contribution is 2.38. The fraction of sp³-hybridized carbons (Fsp3) is 0.609. The van der Waals surface area contributed by atoms with Crippen molar-refractivity contribution >= 4 is 24.1 Å². The standard InChI is InChI=1S/2C22H33NO2.C2H2O4/c2*1-4-5-6-9-18-16-19-10-11-22(2,3)25-21(19)17-20(18)24-15-14-23-12-7-8-13-23;3-1(4)2(5)6/h2*10-11,16-17H,4-9,12-15H2,1-3H3;(H,3,4)(H,5,6). The van der Waals surface area contributed by atoms with E-state index in [0.717, 1.165) is 62.1 Å². The van der Waals surface area contributed by atoms with E-state index in [4.69, 9.17) is 38.7 Å². The summed E-state index contributed by atoms with van der Waals surface area (Å²) in [6.45, 7) is 21.3. The van der Waals surface area contributed by atoms with Gasteiger partial charge in [-0.25, -0.2) is 9.59 Å². The second kappa shape index (κ2) is 22.1. The number of fused-ring (bicyclic) bond motifs is 2. The smallest absolute Gasteiger partial charge is 0.414 e. The molecule has 2 aromatic rings. The first-order valence-corrected chi connectivity index (χ1v) is 21.1. The minimum absolute atomic E-state index is 0.246. The SMILES string of the molecule is CCCCCc1cc2c(cc1OCCN1CCCC1)OC(C)(C)C=C2.CCCCCc1cc2c(cc1OCCN1CCCC1)OC(C)(C)C=C2.O=C(O)C(=O)O. The molecule has 2 fully saturated rings. The van der Waals surface area contributed by atoms with E-state index in [1.165, 1.54) is 113 Å². The van der Waals surface area contributed by atoms with Crippen LogP contribution >= 0.6 is 0 Å². The number of benzene rings is 2. The number of ether oxygens (including phenoxy) is 4. The summed E-state index contributed by atoms with van der Waals surface area (Å²) < 4.78 is 24.7. The van der Waals surface area contributed by atoms with Crippen molar-refractivity contribution in [2.24, 2.45) is 0 Å². The van der Waals surface area contributed by atoms with Crippen molar-refractivity contribution in [3.8, 4) is 23.0 Å². The second-order valence-corrected chi connectivity index (χ2v) is 16.4. The molecule has 2 saturated heterocycles. The zero-order chi connectivity index (χ0) is 40.6. The van der Waals surface area contributed by atoms with Gasteiger partial charge in [-0.15, -0.1) is 0 Å². The van der Waals surface area contributed by atoms with E-state index in [0.29, 0.717) is 0 Å². The molecule has 2 aromatic carbocycles. The summed E-state index contributed by atoms with van der Waals surface area (Å²) in [6.07, 6.45) is 23.6. The van der Waals surface area contributed by atoms with Gasteiger partial charge >= 0.3 is 11.9 Å². The van der Waals surface area contributed by atoms with Crippen molar-refractivity contribution in [1.82, 2.24) is 9.80 Å². The monoisotopic (exact) mass is 776 g/mol. The van der Waals surface area contributed by atoms with Crippen LogP contribution in [-0.2, 0) is 22.4 Å². The minimum Gasteiger partial charge on any atom is -0.492 e. The Hall–Kier alpha value is -4.02. The van der Waals surface area contributed by atoms with E-state index >= 15 is 0 Å². The zero-order valence-corrected chi connectivity index (χ0v) is 35.0. The third-order valence-electron chi connectivity index (χ3n) is 10.5. The molecule has 6 rings (SSSR count). The molecule has 310 valence electrons. The molecule has 0 aliphatic carbocycles. The fourth-order valence-electron chi connectivity index (χ4n) is 7.28. The third kappa shape index (κ3) is 14.8. The number of aryl methyl sites for hydroxylation is 2. The summed E-state index contributed by atoms with van der Waals surface area (Å²) in [4.78, 5) is 23.2. The van der Waals surface area contributed by atoms with Gasteiger partial charge in [-0.3, -0.25) is 9.80 Å². The van der Waals surface area contributed by atoms with Crippen LogP contribution in [-0.4, -0.2) is 95.6 Å². The van der Waals surface area contributed by atoms with Crippen LogP contribution in [0.4, 0.5) is 0 Å². The average Bonchev–Trinajstić information content (AvgIpc) is 3.87. The summed E-state index contributed by atoms with van der Waals surface area (Å²) in [5.41, 5.74) is 4.51. The van der Waals surface area contributed by atoms with Crippen LogP contribution in [0.15, 0.2) is 36.4 Å². The molecule has 0 radical (unpaired) electrons. The zero-order valence-electron chi connectivity index (χ0n) is 35.0. The number of carboxylic acids is 2. The van der Waals surface area contributed by atoms with Crippen molar-refractivity contribution in [3.05, 3.63) is 58.7 Å². The number of hydrogen-bond acceptors (Lipinski definition) is 8. The topological polar surface area (TPSA) is 118 Å². The molecule has 0 aromatic heterocycles. The summed E-state index contributed by atoms with van der Waals surface area (Å²) in [6, 6.07) is 8.77. The van der Waals surface area contributed by atoms with Crippen LogP contribution < -0.4 is 18.9 Å². The van der Waals surface area contributed by atoms with Gasteiger partial charge in [0.25, 0.3) is 0 Å². The first kappa shape index (κ1) is 44.7. The van der Waals surface area contributed by atoms with Crippen LogP contribution in [0.3, 0.4) is 0 Å². The Bertz CT molecular complexity index is 1500. The first-order chi connectivity index (χ1) is 26.8. The summed E-state index contributed by atoms with van der Waals surface area (Å²) in [5.74, 6) is 0.274. The minimum atomic E-state index is -1.82. The van der Waals surface area contributed by atoms with Gasteiger partial charge in [-0.1, -0.05) is 51.7 Å². The molecule has 2 N–H and O–H groups in total. The summed E-state index contributed by atoms with van der Waals surface area (Å²) >= 11 is 0. The molecule has 10 nitrogen and oxygen atoms in total. The van der Waals surface area contributed by atoms with Crippen LogP contribution in [0.2, 0.25) is 0 Å². The molecular weight excluding hydrogens is 709 g/mol. The number of nitrogens with zero attached hydrogens (tertiary/aromatic N) is 2. The molecule has 4 heterocycles. The van der Waals surface area contributed by atoms with Gasteiger partial charge < -0.3 is 29.2 Å². The van der Waals surface area contributed by atoms with Crippen LogP contribution in [0.25, 0.3) is 12.2 Å². The van der Waals surface area contributed by atoms with Crippen LogP contribution in [0.1, 0.15) is 128 Å². The van der Waals surface area contributed by atoms with Crippen LogP contribution in [0.5, 0.6) is 23.0 Å². The van der Waals surface area contributed by atoms with Crippen LogP contribution in [0, 0.1) is 0 Å². The second-order valence-electron chi connectivity index (χ2n) is 16.4. The maximum Gasteiger partial charge on any atom is 0.414 e. The van der Waals surface area contributed by atoms with Crippen molar-refractivity contribution in [2.45, 2.75) is 130 Å². The highest BCUT2D eigenvalue weighted by atomic mass is 16.5. The Morgan fingerprint density at radius 1 is 0.625 bits per heavy atom. The van der Waals surface area contributed by atoms with Gasteiger partial charge in [0.05, 0.1) is 0 Å². The van der Waals surface area contributed by atoms with Gasteiger partial charge in [0.1, 0.15) is 47.4 Å². The first-order valence-electron chi connectivity index (χ1n) is 21.1. The molecule has 0 bridgehead atoms. The van der Waals surface area contributed by atoms with E-state index in [2.05, 4.69) is 99.9 Å². The van der Waals surface area contributed by atoms with Gasteiger partial charge in [-0.05, 0) is 141 Å². The van der Waals surface area contributed by atoms with Crippen molar-refractivity contribution < 1.29 is 38.7 Å². The number of likely N-dealkylation sites (tertiary alicyclic amines) is 2. The number of unbranched alkanes of at least 4 members (excludes halogenated alkanes) is 4. The van der Waals surface area contributed by atoms with Crippen molar-refractivity contribution in [2.75, 3.05) is 52.5 Å². The Labute approximate surface area is 335 Å². The fourth-order valence-corrected chi connectivity index (χ4v) is 7.28. The number of carbonyl (C=O) groups is 2. The lowest BCUT2D eigenvalue weighted by Gasteiger charge is -2.29. The van der Waals surface area contributed by atoms with E-state index in [1.807, 2.05) is 0 Å². The maximum absolute atomic E-state index is 9.10. The summed E-state index contributed by atoms with van der Waals surface area (Å²) in [7, 11) is 0. The van der Waals surface area contributed by atoms with Gasteiger partial charge in [0.15, 0.2) is 0 Å². The Kier molecular flexibility index (Phi) is 17.6. The largest absolute Gasteiger partial charge is 0.492 e. The molecule has 56 heavy (non-hydrogen) atoms. The number of aliphatic carboxylic acids is 2. The summed E-state index contributed by atoms with van der Waals surface area (Å²) in [5, 5.41) is 14.8. The molecular formula is C46H68N2O8. The molecule has 0 atom stereocenters. The molecule has 0 saturated carbocycles. The quantitative estimate of drug-likeness (QED) is 0.126. The molecule has 0 unspecified atom stereocenters. The predicted molar refractivity (Wildman–Crippen MR) is 224 cm³/mol. The van der Waals surface area contributed by atoms with Crippen molar-refractivity contribution in [3.63, 3.8) is 0 Å². The number of hydrogen-bond donors (Lipinski definition) is 2. The maximum atomic E-state index is 9.10. The predicted octanol–water partition coefficient (Wildman–Crippen LogP) is 9.31. The Morgan fingerprint density at radius 3 is 1.34 bits per heavy atom. The normalized spacial score (nSPS) is 17.6. The average molecular weight is 777 g/mol. The lowest BCUT2D eigenvalue weighted by molar-refractivity contribution is -0.159. The lowest BCUT2D eigenvalue weighted by Crippen LogP contribution is -2.28. The third-order valence-corrected chi connectivity index (χ3v) is 10.5. The molecule has 4 aliphatic rings. The Morgan fingerprint density at radius 2 is 1.00 bits per heavy atom.